The fourth-order valence-corrected chi connectivity index (χ4v) is 3.93. The molecule has 0 spiro atoms. The number of amides is 1. The van der Waals surface area contributed by atoms with E-state index in [-0.39, 0.29) is 12.0 Å². The Labute approximate surface area is 188 Å². The molecule has 2 heterocycles. The summed E-state index contributed by atoms with van der Waals surface area (Å²) < 4.78 is 6.19. The van der Waals surface area contributed by atoms with Crippen LogP contribution in [-0.4, -0.2) is 35.0 Å². The number of nitrogens with zero attached hydrogens (tertiary/aromatic N) is 2. The van der Waals surface area contributed by atoms with Gasteiger partial charge in [0.1, 0.15) is 11.9 Å². The molecule has 31 heavy (non-hydrogen) atoms. The van der Waals surface area contributed by atoms with E-state index in [1.807, 2.05) is 54.6 Å². The van der Waals surface area contributed by atoms with Crippen molar-refractivity contribution >= 4 is 17.5 Å². The first-order valence-electron chi connectivity index (χ1n) is 10.6. The summed E-state index contributed by atoms with van der Waals surface area (Å²) in [7, 11) is 0. The van der Waals surface area contributed by atoms with E-state index in [2.05, 4.69) is 21.3 Å². The van der Waals surface area contributed by atoms with E-state index >= 15 is 0 Å². The first-order chi connectivity index (χ1) is 15.2. The van der Waals surface area contributed by atoms with Crippen LogP contribution in [-0.2, 0) is 13.1 Å². The molecule has 1 aliphatic rings. The first kappa shape index (κ1) is 21.3. The number of carbonyl (C=O) groups is 1. The van der Waals surface area contributed by atoms with Crippen LogP contribution in [0.5, 0.6) is 5.75 Å². The number of hydrogen-bond acceptors (Lipinski definition) is 4. The van der Waals surface area contributed by atoms with Crippen molar-refractivity contribution in [1.29, 1.82) is 0 Å². The number of pyridine rings is 1. The van der Waals surface area contributed by atoms with Gasteiger partial charge >= 0.3 is 0 Å². The number of ether oxygens (including phenoxy) is 1. The van der Waals surface area contributed by atoms with Gasteiger partial charge in [-0.2, -0.15) is 0 Å². The maximum Gasteiger partial charge on any atom is 0.251 e. The fourth-order valence-electron chi connectivity index (χ4n) is 3.73. The Hall–Kier alpha value is -2.89. The Bertz CT molecular complexity index is 1000. The van der Waals surface area contributed by atoms with Crippen molar-refractivity contribution < 1.29 is 9.53 Å². The van der Waals surface area contributed by atoms with Crippen molar-refractivity contribution in [1.82, 2.24) is 15.2 Å². The lowest BCUT2D eigenvalue weighted by molar-refractivity contribution is 0.0934. The average molecular weight is 436 g/mol. The fraction of sp³-hybridized carbons (Fsp3) is 0.280. The summed E-state index contributed by atoms with van der Waals surface area (Å²) in [6.45, 7) is 3.17. The molecular formula is C25H26ClN3O2. The molecule has 0 unspecified atom stereocenters. The summed E-state index contributed by atoms with van der Waals surface area (Å²) in [5, 5.41) is 3.72. The molecule has 1 N–H and O–H groups in total. The SMILES string of the molecule is O=C(NCc1ccccn1)c1cccc(OC2CCN(Cc3ccccc3Cl)CC2)c1. The van der Waals surface area contributed by atoms with Crippen LogP contribution in [0.2, 0.25) is 5.02 Å². The standard InChI is InChI=1S/C25H26ClN3O2/c26-24-10-2-1-6-20(24)18-29-14-11-22(12-15-29)31-23-9-5-7-19(16-23)25(30)28-17-21-8-3-4-13-27-21/h1-10,13,16,22H,11-12,14-15,17-18H2,(H,28,30). The van der Waals surface area contributed by atoms with E-state index in [4.69, 9.17) is 16.3 Å². The van der Waals surface area contributed by atoms with E-state index in [1.165, 1.54) is 0 Å². The lowest BCUT2D eigenvalue weighted by Gasteiger charge is -2.32. The molecule has 6 heteroatoms. The number of nitrogens with one attached hydrogen (secondary N) is 1. The second kappa shape index (κ2) is 10.4. The molecular weight excluding hydrogens is 410 g/mol. The van der Waals surface area contributed by atoms with Crippen molar-refractivity contribution in [3.63, 3.8) is 0 Å². The zero-order valence-corrected chi connectivity index (χ0v) is 18.1. The van der Waals surface area contributed by atoms with Gasteiger partial charge in [-0.1, -0.05) is 41.9 Å². The van der Waals surface area contributed by atoms with Gasteiger partial charge < -0.3 is 10.1 Å². The van der Waals surface area contributed by atoms with Gasteiger partial charge in [0.2, 0.25) is 0 Å². The third-order valence-corrected chi connectivity index (χ3v) is 5.81. The largest absolute Gasteiger partial charge is 0.490 e. The molecule has 3 aromatic rings. The molecule has 0 bridgehead atoms. The summed E-state index contributed by atoms with van der Waals surface area (Å²) in [4.78, 5) is 19.1. The van der Waals surface area contributed by atoms with Gasteiger partial charge in [0.25, 0.3) is 5.91 Å². The van der Waals surface area contributed by atoms with E-state index in [9.17, 15) is 4.79 Å². The summed E-state index contributed by atoms with van der Waals surface area (Å²) in [5.41, 5.74) is 2.57. The monoisotopic (exact) mass is 435 g/mol. The molecule has 0 radical (unpaired) electrons. The zero-order valence-electron chi connectivity index (χ0n) is 17.3. The quantitative estimate of drug-likeness (QED) is 0.584. The number of piperidine rings is 1. The van der Waals surface area contributed by atoms with Crippen LogP contribution in [0.15, 0.2) is 72.9 Å². The van der Waals surface area contributed by atoms with Crippen LogP contribution in [0.4, 0.5) is 0 Å². The molecule has 0 atom stereocenters. The Morgan fingerprint density at radius 1 is 1.06 bits per heavy atom. The number of halogens is 1. The van der Waals surface area contributed by atoms with Crippen LogP contribution in [0.1, 0.15) is 34.5 Å². The van der Waals surface area contributed by atoms with Gasteiger partial charge in [-0.05, 0) is 54.8 Å². The third-order valence-electron chi connectivity index (χ3n) is 5.44. The highest BCUT2D eigenvalue weighted by molar-refractivity contribution is 6.31. The molecule has 160 valence electrons. The molecule has 2 aromatic carbocycles. The van der Waals surface area contributed by atoms with Gasteiger partial charge in [-0.25, -0.2) is 0 Å². The van der Waals surface area contributed by atoms with Crippen molar-refractivity contribution in [2.45, 2.75) is 32.0 Å². The van der Waals surface area contributed by atoms with Crippen LogP contribution in [0, 0.1) is 0 Å². The third kappa shape index (κ3) is 6.06. The second-order valence-corrected chi connectivity index (χ2v) is 8.12. The minimum Gasteiger partial charge on any atom is -0.490 e. The molecule has 1 aromatic heterocycles. The molecule has 1 amide bonds. The number of benzene rings is 2. The molecule has 0 aliphatic carbocycles. The highest BCUT2D eigenvalue weighted by Gasteiger charge is 2.21. The predicted octanol–water partition coefficient (Wildman–Crippen LogP) is 4.71. The minimum atomic E-state index is -0.134. The molecule has 5 nitrogen and oxygen atoms in total. The van der Waals surface area contributed by atoms with E-state index in [0.717, 1.165) is 54.5 Å². The summed E-state index contributed by atoms with van der Waals surface area (Å²) in [5.74, 6) is 0.598. The normalized spacial score (nSPS) is 14.9. The Balaban J connectivity index is 1.27. The summed E-state index contributed by atoms with van der Waals surface area (Å²) >= 11 is 6.29. The van der Waals surface area contributed by atoms with Gasteiger partial charge in [0.15, 0.2) is 0 Å². The molecule has 1 aliphatic heterocycles. The van der Waals surface area contributed by atoms with Crippen molar-refractivity contribution in [2.75, 3.05) is 13.1 Å². The van der Waals surface area contributed by atoms with Gasteiger partial charge in [0, 0.05) is 36.4 Å². The maximum atomic E-state index is 12.5. The molecule has 0 saturated carbocycles. The zero-order chi connectivity index (χ0) is 21.5. The van der Waals surface area contributed by atoms with Crippen LogP contribution in [0.25, 0.3) is 0 Å². The lowest BCUT2D eigenvalue weighted by Crippen LogP contribution is -2.37. The van der Waals surface area contributed by atoms with E-state index < -0.39 is 0 Å². The average Bonchev–Trinajstić information content (AvgIpc) is 2.81. The van der Waals surface area contributed by atoms with E-state index in [0.29, 0.717) is 12.1 Å². The highest BCUT2D eigenvalue weighted by atomic mass is 35.5. The van der Waals surface area contributed by atoms with Crippen LogP contribution < -0.4 is 10.1 Å². The van der Waals surface area contributed by atoms with Gasteiger partial charge in [-0.3, -0.25) is 14.7 Å². The number of rotatable bonds is 7. The number of carbonyl (C=O) groups excluding carboxylic acids is 1. The topological polar surface area (TPSA) is 54.5 Å². The van der Waals surface area contributed by atoms with Crippen LogP contribution >= 0.6 is 11.6 Å². The first-order valence-corrected chi connectivity index (χ1v) is 11.0. The molecule has 4 rings (SSSR count). The second-order valence-electron chi connectivity index (χ2n) is 7.72. The maximum absolute atomic E-state index is 12.5. The van der Waals surface area contributed by atoms with Crippen LogP contribution in [0.3, 0.4) is 0 Å². The Kier molecular flexibility index (Phi) is 7.18. The van der Waals surface area contributed by atoms with Crippen molar-refractivity contribution in [2.24, 2.45) is 0 Å². The summed E-state index contributed by atoms with van der Waals surface area (Å²) in [6.07, 6.45) is 3.76. The Morgan fingerprint density at radius 3 is 2.65 bits per heavy atom. The van der Waals surface area contributed by atoms with Crippen molar-refractivity contribution in [3.05, 3.63) is 94.8 Å². The molecule has 1 fully saturated rings. The molecule has 1 saturated heterocycles. The van der Waals surface area contributed by atoms with Gasteiger partial charge in [-0.15, -0.1) is 0 Å². The summed E-state index contributed by atoms with van der Waals surface area (Å²) in [6, 6.07) is 21.0. The minimum absolute atomic E-state index is 0.134. The van der Waals surface area contributed by atoms with Gasteiger partial charge in [0.05, 0.1) is 12.2 Å². The predicted molar refractivity (Wildman–Crippen MR) is 122 cm³/mol. The highest BCUT2D eigenvalue weighted by Crippen LogP contribution is 2.23. The van der Waals surface area contributed by atoms with E-state index in [1.54, 1.807) is 12.3 Å². The smallest absolute Gasteiger partial charge is 0.251 e. The number of likely N-dealkylation sites (tertiary alicyclic amines) is 1. The number of hydrogen-bond donors (Lipinski definition) is 1. The van der Waals surface area contributed by atoms with Crippen molar-refractivity contribution in [3.8, 4) is 5.75 Å². The lowest BCUT2D eigenvalue weighted by atomic mass is 10.1. The Morgan fingerprint density at radius 2 is 1.87 bits per heavy atom. The number of aromatic nitrogens is 1.